The van der Waals surface area contributed by atoms with E-state index in [0.29, 0.717) is 33.8 Å². The molecule has 1 aliphatic rings. The highest BCUT2D eigenvalue weighted by molar-refractivity contribution is 6.04. The number of aromatic nitrogens is 1. The fourth-order valence-corrected chi connectivity index (χ4v) is 4.12. The number of fused-ring (bicyclic) bond motifs is 2. The molecule has 0 saturated heterocycles. The highest BCUT2D eigenvalue weighted by Gasteiger charge is 2.21. The molecule has 2 N–H and O–H groups in total. The van der Waals surface area contributed by atoms with Crippen molar-refractivity contribution in [2.75, 3.05) is 11.9 Å². The average molecular weight is 454 g/mol. The molecule has 2 heterocycles. The zero-order valence-electron chi connectivity index (χ0n) is 18.4. The largest absolute Gasteiger partial charge is 0.486 e. The van der Waals surface area contributed by atoms with Crippen LogP contribution < -0.4 is 14.8 Å². The lowest BCUT2D eigenvalue weighted by Gasteiger charge is -2.19. The average Bonchev–Trinajstić information content (AvgIpc) is 3.13. The summed E-state index contributed by atoms with van der Waals surface area (Å²) in [5.74, 6) is 0.813. The van der Waals surface area contributed by atoms with Crippen LogP contribution in [0.5, 0.6) is 11.5 Å². The highest BCUT2D eigenvalue weighted by Crippen LogP contribution is 2.30. The van der Waals surface area contributed by atoms with Crippen molar-refractivity contribution >= 4 is 28.5 Å². The predicted octanol–water partition coefficient (Wildman–Crippen LogP) is 4.99. The fourth-order valence-electron chi connectivity index (χ4n) is 4.12. The molecule has 0 atom stereocenters. The number of benzene rings is 3. The molecule has 4 aromatic rings. The van der Waals surface area contributed by atoms with E-state index in [1.165, 1.54) is 0 Å². The number of carbonyl (C=O) groups excluding carboxylic acids is 1. The topological polar surface area (TPSA) is 89.8 Å². The minimum absolute atomic E-state index is 0.142. The molecule has 170 valence electrons. The van der Waals surface area contributed by atoms with Crippen LogP contribution in [0.2, 0.25) is 0 Å². The first-order valence-electron chi connectivity index (χ1n) is 10.8. The Kier molecular flexibility index (Phi) is 5.51. The van der Waals surface area contributed by atoms with Crippen LogP contribution in [0.3, 0.4) is 0 Å². The van der Waals surface area contributed by atoms with E-state index in [2.05, 4.69) is 5.32 Å². The quantitative estimate of drug-likeness (QED) is 0.427. The first kappa shape index (κ1) is 21.3. The third kappa shape index (κ3) is 3.99. The summed E-state index contributed by atoms with van der Waals surface area (Å²) in [6.07, 6.45) is 1.62. The molecule has 0 radical (unpaired) electrons. The van der Waals surface area contributed by atoms with Crippen LogP contribution in [0.4, 0.5) is 5.69 Å². The summed E-state index contributed by atoms with van der Waals surface area (Å²) in [5.41, 5.74) is 3.33. The number of nitrogens with one attached hydrogen (secondary N) is 1. The van der Waals surface area contributed by atoms with Crippen LogP contribution in [0.15, 0.2) is 84.8 Å². The first-order valence-corrected chi connectivity index (χ1v) is 10.8. The lowest BCUT2D eigenvalue weighted by atomic mass is 10.1. The Morgan fingerprint density at radius 1 is 1.00 bits per heavy atom. The lowest BCUT2D eigenvalue weighted by Crippen LogP contribution is -2.15. The van der Waals surface area contributed by atoms with E-state index in [1.807, 2.05) is 48.5 Å². The summed E-state index contributed by atoms with van der Waals surface area (Å²) in [7, 11) is 0. The maximum atomic E-state index is 13.4. The zero-order chi connectivity index (χ0) is 23.7. The molecule has 7 heteroatoms. The Morgan fingerprint density at radius 2 is 1.74 bits per heavy atom. The normalized spacial score (nSPS) is 12.3. The maximum Gasteiger partial charge on any atom is 0.307 e. The van der Waals surface area contributed by atoms with Gasteiger partial charge in [0.25, 0.3) is 5.91 Å². The van der Waals surface area contributed by atoms with Gasteiger partial charge in [0.1, 0.15) is 12.4 Å². The number of nitrogens with zero attached hydrogens (tertiary/aromatic N) is 1. The molecule has 3 aromatic carbocycles. The molecule has 7 nitrogen and oxygen atoms in total. The number of carboxylic acid groups (broad SMARTS) is 1. The number of para-hydroxylation sites is 3. The summed E-state index contributed by atoms with van der Waals surface area (Å²) in [6, 6.07) is 21.9. The Labute approximate surface area is 195 Å². The van der Waals surface area contributed by atoms with Crippen LogP contribution >= 0.6 is 0 Å². The Hall–Kier alpha value is -4.52. The summed E-state index contributed by atoms with van der Waals surface area (Å²) < 4.78 is 13.2. The van der Waals surface area contributed by atoms with Crippen molar-refractivity contribution in [3.05, 3.63) is 102 Å². The summed E-state index contributed by atoms with van der Waals surface area (Å²) in [6.45, 7) is 2.01. The van der Waals surface area contributed by atoms with Gasteiger partial charge < -0.3 is 19.9 Å². The van der Waals surface area contributed by atoms with Crippen molar-refractivity contribution in [3.8, 4) is 11.5 Å². The van der Waals surface area contributed by atoms with Gasteiger partial charge in [-0.3, -0.25) is 14.2 Å². The Balaban J connectivity index is 1.33. The van der Waals surface area contributed by atoms with Crippen molar-refractivity contribution in [2.24, 2.45) is 0 Å². The second-order valence-corrected chi connectivity index (χ2v) is 7.96. The van der Waals surface area contributed by atoms with Crippen LogP contribution in [0.1, 0.15) is 21.6 Å². The minimum atomic E-state index is -0.935. The smallest absolute Gasteiger partial charge is 0.307 e. The van der Waals surface area contributed by atoms with Gasteiger partial charge in [0.2, 0.25) is 0 Å². The van der Waals surface area contributed by atoms with E-state index < -0.39 is 5.97 Å². The number of carbonyl (C=O) groups is 2. The summed E-state index contributed by atoms with van der Waals surface area (Å²) in [5, 5.41) is 13.3. The van der Waals surface area contributed by atoms with Crippen molar-refractivity contribution in [3.63, 3.8) is 0 Å². The summed E-state index contributed by atoms with van der Waals surface area (Å²) in [4.78, 5) is 24.7. The van der Waals surface area contributed by atoms with Crippen LogP contribution in [0.25, 0.3) is 10.9 Å². The fraction of sp³-hybridized carbons (Fsp3) is 0.111. The van der Waals surface area contributed by atoms with Crippen LogP contribution in [0, 0.1) is 6.92 Å². The molecule has 0 aliphatic carbocycles. The van der Waals surface area contributed by atoms with E-state index in [0.717, 1.165) is 16.8 Å². The van der Waals surface area contributed by atoms with Crippen LogP contribution in [-0.2, 0) is 11.2 Å². The second-order valence-electron chi connectivity index (χ2n) is 7.96. The third-order valence-electron chi connectivity index (χ3n) is 5.77. The Morgan fingerprint density at radius 3 is 2.53 bits per heavy atom. The lowest BCUT2D eigenvalue weighted by molar-refractivity contribution is -0.136. The molecular formula is C27H22N2O5. The van der Waals surface area contributed by atoms with E-state index in [1.54, 1.807) is 42.0 Å². The number of carboxylic acids is 1. The zero-order valence-corrected chi connectivity index (χ0v) is 18.4. The van der Waals surface area contributed by atoms with E-state index >= 15 is 0 Å². The molecule has 1 aliphatic heterocycles. The van der Waals surface area contributed by atoms with Crippen molar-refractivity contribution in [1.82, 2.24) is 4.57 Å². The number of ether oxygens (including phenoxy) is 2. The van der Waals surface area contributed by atoms with Crippen molar-refractivity contribution in [1.29, 1.82) is 0 Å². The number of anilines is 1. The van der Waals surface area contributed by atoms with Gasteiger partial charge in [0.05, 0.1) is 17.6 Å². The van der Waals surface area contributed by atoms with Gasteiger partial charge in [-0.05, 0) is 55.0 Å². The standard InChI is InChI=1S/C27H22N2O5/c1-17-22(14-26(30)31)21-6-2-4-8-24(21)29(17)27(32)18-10-12-19(13-11-18)33-16-20-15-28-23-7-3-5-9-25(23)34-20/h2-13,15,28H,14,16H2,1H3,(H,30,31). The SMILES string of the molecule is Cc1c(CC(=O)O)c2ccccc2n1C(=O)c1ccc(OCC2=CNc3ccccc3O2)cc1. The van der Waals surface area contributed by atoms with E-state index in [4.69, 9.17) is 9.47 Å². The van der Waals surface area contributed by atoms with Crippen LogP contribution in [-0.4, -0.2) is 28.2 Å². The van der Waals surface area contributed by atoms with Gasteiger partial charge in [-0.2, -0.15) is 0 Å². The van der Waals surface area contributed by atoms with Gasteiger partial charge in [-0.1, -0.05) is 30.3 Å². The molecule has 5 rings (SSSR count). The van der Waals surface area contributed by atoms with Gasteiger partial charge in [-0.25, -0.2) is 0 Å². The van der Waals surface area contributed by atoms with Gasteiger partial charge in [-0.15, -0.1) is 0 Å². The molecule has 0 amide bonds. The predicted molar refractivity (Wildman–Crippen MR) is 128 cm³/mol. The number of aliphatic carboxylic acids is 1. The van der Waals surface area contributed by atoms with Gasteiger partial charge in [0, 0.05) is 22.8 Å². The third-order valence-corrected chi connectivity index (χ3v) is 5.77. The first-order chi connectivity index (χ1) is 16.5. The molecular weight excluding hydrogens is 432 g/mol. The number of hydrogen-bond acceptors (Lipinski definition) is 5. The minimum Gasteiger partial charge on any atom is -0.486 e. The molecule has 1 aromatic heterocycles. The molecule has 34 heavy (non-hydrogen) atoms. The number of hydrogen-bond donors (Lipinski definition) is 2. The van der Waals surface area contributed by atoms with Gasteiger partial charge in [0.15, 0.2) is 11.5 Å². The van der Waals surface area contributed by atoms with Crippen molar-refractivity contribution in [2.45, 2.75) is 13.3 Å². The highest BCUT2D eigenvalue weighted by atomic mass is 16.5. The molecule has 0 fully saturated rings. The number of rotatable bonds is 6. The molecule has 0 unspecified atom stereocenters. The van der Waals surface area contributed by atoms with E-state index in [-0.39, 0.29) is 18.9 Å². The monoisotopic (exact) mass is 454 g/mol. The van der Waals surface area contributed by atoms with E-state index in [9.17, 15) is 14.7 Å². The van der Waals surface area contributed by atoms with Gasteiger partial charge >= 0.3 is 5.97 Å². The second kappa shape index (κ2) is 8.78. The Bertz CT molecular complexity index is 1430. The molecule has 0 saturated carbocycles. The summed E-state index contributed by atoms with van der Waals surface area (Å²) >= 11 is 0. The maximum absolute atomic E-state index is 13.4. The van der Waals surface area contributed by atoms with Crippen molar-refractivity contribution < 1.29 is 24.2 Å². The molecule has 0 bridgehead atoms. The molecule has 0 spiro atoms.